The molecule has 2 heterocycles. The van der Waals surface area contributed by atoms with Gasteiger partial charge in [-0.15, -0.1) is 12.4 Å². The highest BCUT2D eigenvalue weighted by Gasteiger charge is 2.31. The smallest absolute Gasteiger partial charge is 0.253 e. The fourth-order valence-electron chi connectivity index (χ4n) is 3.52. The van der Waals surface area contributed by atoms with Crippen molar-refractivity contribution in [3.8, 4) is 0 Å². The van der Waals surface area contributed by atoms with Crippen LogP contribution in [0.15, 0.2) is 29.2 Å². The lowest BCUT2D eigenvalue weighted by Crippen LogP contribution is -2.33. The highest BCUT2D eigenvalue weighted by molar-refractivity contribution is 7.89. The highest BCUT2D eigenvalue weighted by Crippen LogP contribution is 2.27. The van der Waals surface area contributed by atoms with Crippen molar-refractivity contribution in [1.29, 1.82) is 0 Å². The summed E-state index contributed by atoms with van der Waals surface area (Å²) in [6, 6.07) is 6.26. The van der Waals surface area contributed by atoms with E-state index in [0.717, 1.165) is 39.0 Å². The first-order chi connectivity index (χ1) is 11.0. The van der Waals surface area contributed by atoms with Crippen LogP contribution in [0.3, 0.4) is 0 Å². The van der Waals surface area contributed by atoms with E-state index in [9.17, 15) is 13.2 Å². The van der Waals surface area contributed by atoms with E-state index in [1.807, 2.05) is 4.90 Å². The number of likely N-dealkylation sites (tertiary alicyclic amines) is 1. The van der Waals surface area contributed by atoms with Crippen molar-refractivity contribution < 1.29 is 13.2 Å². The topological polar surface area (TPSA) is 78.5 Å². The molecule has 6 nitrogen and oxygen atoms in total. The van der Waals surface area contributed by atoms with Crippen LogP contribution >= 0.6 is 12.4 Å². The minimum atomic E-state index is -3.53. The Hall–Kier alpha value is -1.15. The Morgan fingerprint density at radius 2 is 1.83 bits per heavy atom. The van der Waals surface area contributed by atoms with Crippen LogP contribution in [-0.4, -0.2) is 52.5 Å². The van der Waals surface area contributed by atoms with Crippen LogP contribution in [0.5, 0.6) is 0 Å². The predicted molar refractivity (Wildman–Crippen MR) is 94.9 cm³/mol. The number of carbonyl (C=O) groups is 1. The zero-order chi connectivity index (χ0) is 16.4. The maximum Gasteiger partial charge on any atom is 0.253 e. The monoisotopic (exact) mass is 373 g/mol. The molecule has 2 atom stereocenters. The normalized spacial score (nSPS) is 24.0. The number of sulfonamides is 1. The summed E-state index contributed by atoms with van der Waals surface area (Å²) in [5.41, 5.74) is 0.437. The fourth-order valence-corrected chi connectivity index (χ4v) is 4.29. The number of nitrogens with one attached hydrogen (secondary N) is 2. The van der Waals surface area contributed by atoms with Gasteiger partial charge in [0.05, 0.1) is 4.90 Å². The number of rotatable bonds is 3. The van der Waals surface area contributed by atoms with Crippen molar-refractivity contribution in [2.45, 2.75) is 17.7 Å². The molecule has 2 aliphatic heterocycles. The van der Waals surface area contributed by atoms with E-state index in [1.54, 1.807) is 12.1 Å². The van der Waals surface area contributed by atoms with Gasteiger partial charge in [-0.3, -0.25) is 4.79 Å². The molecule has 8 heteroatoms. The van der Waals surface area contributed by atoms with Gasteiger partial charge < -0.3 is 10.2 Å². The Morgan fingerprint density at radius 1 is 1.21 bits per heavy atom. The SMILES string of the molecule is CNS(=O)(=O)c1cccc(C(=O)N2CC[C@@H]3CNC[C@@H]3CC2)c1.Cl. The van der Waals surface area contributed by atoms with Crippen LogP contribution in [0.1, 0.15) is 23.2 Å². The summed E-state index contributed by atoms with van der Waals surface area (Å²) in [7, 11) is -2.17. The second-order valence-electron chi connectivity index (χ2n) is 6.28. The maximum absolute atomic E-state index is 12.7. The molecule has 0 bridgehead atoms. The summed E-state index contributed by atoms with van der Waals surface area (Å²) < 4.78 is 26.1. The first-order valence-corrected chi connectivity index (χ1v) is 9.53. The molecule has 2 fully saturated rings. The summed E-state index contributed by atoms with van der Waals surface area (Å²) in [4.78, 5) is 14.7. The Labute approximate surface area is 149 Å². The zero-order valence-electron chi connectivity index (χ0n) is 13.7. The lowest BCUT2D eigenvalue weighted by atomic mass is 9.92. The Bertz CT molecular complexity index is 682. The van der Waals surface area contributed by atoms with Gasteiger partial charge in [0, 0.05) is 18.7 Å². The van der Waals surface area contributed by atoms with Crippen LogP contribution < -0.4 is 10.0 Å². The molecule has 2 saturated heterocycles. The van der Waals surface area contributed by atoms with E-state index in [1.165, 1.54) is 19.2 Å². The van der Waals surface area contributed by atoms with Crippen LogP contribution in [0, 0.1) is 11.8 Å². The average molecular weight is 374 g/mol. The number of amides is 1. The number of halogens is 1. The summed E-state index contributed by atoms with van der Waals surface area (Å²) >= 11 is 0. The van der Waals surface area contributed by atoms with E-state index in [4.69, 9.17) is 0 Å². The lowest BCUT2D eigenvalue weighted by Gasteiger charge is -2.21. The van der Waals surface area contributed by atoms with E-state index in [0.29, 0.717) is 17.4 Å². The van der Waals surface area contributed by atoms with Crippen molar-refractivity contribution in [3.63, 3.8) is 0 Å². The first kappa shape index (κ1) is 19.2. The molecule has 1 aromatic carbocycles. The first-order valence-electron chi connectivity index (χ1n) is 8.05. The summed E-state index contributed by atoms with van der Waals surface area (Å²) in [6.07, 6.45) is 2.02. The third kappa shape index (κ3) is 3.91. The Kier molecular flexibility index (Phi) is 6.25. The molecule has 0 aliphatic carbocycles. The van der Waals surface area contributed by atoms with E-state index in [-0.39, 0.29) is 23.2 Å². The maximum atomic E-state index is 12.7. The average Bonchev–Trinajstić information content (AvgIpc) is 2.93. The predicted octanol–water partition coefficient (Wildman–Crippen LogP) is 1.09. The van der Waals surface area contributed by atoms with Gasteiger partial charge >= 0.3 is 0 Å². The third-order valence-electron chi connectivity index (χ3n) is 4.97. The molecular formula is C16H24ClN3O3S. The molecule has 0 spiro atoms. The largest absolute Gasteiger partial charge is 0.339 e. The second-order valence-corrected chi connectivity index (χ2v) is 8.17. The summed E-state index contributed by atoms with van der Waals surface area (Å²) in [5.74, 6) is 1.23. The van der Waals surface area contributed by atoms with Crippen molar-refractivity contribution in [1.82, 2.24) is 14.9 Å². The Balaban J connectivity index is 0.00000208. The fraction of sp³-hybridized carbons (Fsp3) is 0.562. The number of hydrogen-bond donors (Lipinski definition) is 2. The zero-order valence-corrected chi connectivity index (χ0v) is 15.3. The Morgan fingerprint density at radius 3 is 2.42 bits per heavy atom. The lowest BCUT2D eigenvalue weighted by molar-refractivity contribution is 0.0758. The molecule has 24 heavy (non-hydrogen) atoms. The van der Waals surface area contributed by atoms with Crippen molar-refractivity contribution in [3.05, 3.63) is 29.8 Å². The van der Waals surface area contributed by atoms with Crippen LogP contribution in [0.2, 0.25) is 0 Å². The number of hydrogen-bond acceptors (Lipinski definition) is 4. The van der Waals surface area contributed by atoms with E-state index < -0.39 is 10.0 Å². The van der Waals surface area contributed by atoms with Gasteiger partial charge in [0.1, 0.15) is 0 Å². The van der Waals surface area contributed by atoms with E-state index >= 15 is 0 Å². The van der Waals surface area contributed by atoms with Gasteiger partial charge in [-0.2, -0.15) is 0 Å². The quantitative estimate of drug-likeness (QED) is 0.831. The van der Waals surface area contributed by atoms with Crippen LogP contribution in [0.25, 0.3) is 0 Å². The van der Waals surface area contributed by atoms with Crippen LogP contribution in [0.4, 0.5) is 0 Å². The van der Waals surface area contributed by atoms with Crippen molar-refractivity contribution in [2.75, 3.05) is 33.2 Å². The van der Waals surface area contributed by atoms with Gasteiger partial charge in [0.2, 0.25) is 10.0 Å². The highest BCUT2D eigenvalue weighted by atomic mass is 35.5. The standard InChI is InChI=1S/C16H23N3O3S.ClH/c1-17-23(21,22)15-4-2-3-12(9-15)16(20)19-7-5-13-10-18-11-14(13)6-8-19;/h2-4,9,13-14,17-18H,5-8,10-11H2,1H3;1H/t13-,14+;. The molecule has 3 rings (SSSR count). The van der Waals surface area contributed by atoms with Crippen molar-refractivity contribution in [2.24, 2.45) is 11.8 Å². The molecule has 0 saturated carbocycles. The third-order valence-corrected chi connectivity index (χ3v) is 6.38. The molecule has 1 amide bonds. The number of benzene rings is 1. The molecule has 2 aliphatic rings. The molecule has 1 aromatic rings. The molecule has 0 unspecified atom stereocenters. The summed E-state index contributed by atoms with van der Waals surface area (Å²) in [6.45, 7) is 3.57. The van der Waals surface area contributed by atoms with Gasteiger partial charge in [0.25, 0.3) is 5.91 Å². The van der Waals surface area contributed by atoms with Gasteiger partial charge in [-0.1, -0.05) is 6.07 Å². The molecular weight excluding hydrogens is 350 g/mol. The molecule has 2 N–H and O–H groups in total. The minimum absolute atomic E-state index is 0. The number of carbonyl (C=O) groups excluding carboxylic acids is 1. The molecule has 0 aromatic heterocycles. The second kappa shape index (κ2) is 7.82. The van der Waals surface area contributed by atoms with Crippen LogP contribution in [-0.2, 0) is 10.0 Å². The van der Waals surface area contributed by atoms with E-state index in [2.05, 4.69) is 10.0 Å². The minimum Gasteiger partial charge on any atom is -0.339 e. The van der Waals surface area contributed by atoms with Gasteiger partial charge in [-0.05, 0) is 63.0 Å². The molecule has 134 valence electrons. The number of fused-ring (bicyclic) bond motifs is 1. The van der Waals surface area contributed by atoms with Gasteiger partial charge in [-0.25, -0.2) is 13.1 Å². The number of nitrogens with zero attached hydrogens (tertiary/aromatic N) is 1. The van der Waals surface area contributed by atoms with Gasteiger partial charge in [0.15, 0.2) is 0 Å². The van der Waals surface area contributed by atoms with Crippen molar-refractivity contribution >= 4 is 28.3 Å². The summed E-state index contributed by atoms with van der Waals surface area (Å²) in [5, 5.41) is 3.42. The molecule has 0 radical (unpaired) electrons.